The average Bonchev–Trinajstić information content (AvgIpc) is 2.37. The van der Waals surface area contributed by atoms with E-state index in [1.807, 2.05) is 39.0 Å². The number of carboxylic acid groups (broad SMARTS) is 1. The molecule has 6 nitrogen and oxygen atoms in total. The van der Waals surface area contributed by atoms with Gasteiger partial charge < -0.3 is 15.7 Å². The van der Waals surface area contributed by atoms with Crippen LogP contribution in [0.5, 0.6) is 0 Å². The maximum Gasteiger partial charge on any atom is 0.315 e. The molecule has 0 fully saturated rings. The fraction of sp³-hybridized carbons (Fsp3) is 0.533. The van der Waals surface area contributed by atoms with Crippen molar-refractivity contribution in [2.24, 2.45) is 5.41 Å². The predicted octanol–water partition coefficient (Wildman–Crippen LogP) is 1.81. The molecule has 0 saturated carbocycles. The smallest absolute Gasteiger partial charge is 0.315 e. The third kappa shape index (κ3) is 6.74. The van der Waals surface area contributed by atoms with Crippen molar-refractivity contribution in [1.29, 1.82) is 0 Å². The highest BCUT2D eigenvalue weighted by atomic mass is 16.4. The van der Waals surface area contributed by atoms with Crippen LogP contribution in [-0.4, -0.2) is 34.7 Å². The van der Waals surface area contributed by atoms with E-state index >= 15 is 0 Å². The quantitative estimate of drug-likeness (QED) is 0.746. The normalized spacial score (nSPS) is 12.5. The molecule has 1 aromatic heterocycles. The number of nitrogens with zero attached hydrogens (tertiary/aromatic N) is 1. The topological polar surface area (TPSA) is 91.3 Å². The lowest BCUT2D eigenvalue weighted by Crippen LogP contribution is -2.49. The summed E-state index contributed by atoms with van der Waals surface area (Å²) in [5, 5.41) is 14.4. The van der Waals surface area contributed by atoms with Gasteiger partial charge in [-0.1, -0.05) is 26.8 Å². The zero-order chi connectivity index (χ0) is 15.9. The van der Waals surface area contributed by atoms with Crippen LogP contribution in [0.2, 0.25) is 0 Å². The number of carbonyl (C=O) groups is 2. The Morgan fingerprint density at radius 2 is 2.05 bits per heavy atom. The molecular weight excluding hydrogens is 270 g/mol. The molecule has 6 heteroatoms. The molecule has 1 heterocycles. The molecule has 1 rings (SSSR count). The van der Waals surface area contributed by atoms with Crippen LogP contribution in [0.1, 0.15) is 32.9 Å². The summed E-state index contributed by atoms with van der Waals surface area (Å²) in [7, 11) is 0. The van der Waals surface area contributed by atoms with Crippen LogP contribution in [0, 0.1) is 5.41 Å². The van der Waals surface area contributed by atoms with Crippen molar-refractivity contribution in [2.45, 2.75) is 39.7 Å². The zero-order valence-corrected chi connectivity index (χ0v) is 12.7. The van der Waals surface area contributed by atoms with Crippen molar-refractivity contribution in [3.63, 3.8) is 0 Å². The van der Waals surface area contributed by atoms with Gasteiger partial charge in [0.25, 0.3) is 0 Å². The average molecular weight is 293 g/mol. The molecule has 0 aliphatic rings. The summed E-state index contributed by atoms with van der Waals surface area (Å²) in [6, 6.07) is 4.84. The first-order chi connectivity index (χ1) is 9.79. The van der Waals surface area contributed by atoms with Gasteiger partial charge in [-0.2, -0.15) is 0 Å². The highest BCUT2D eigenvalue weighted by molar-refractivity contribution is 5.75. The Morgan fingerprint density at radius 3 is 2.57 bits per heavy atom. The minimum atomic E-state index is -0.927. The third-order valence-electron chi connectivity index (χ3n) is 3.12. The van der Waals surface area contributed by atoms with E-state index in [1.165, 1.54) is 0 Å². The van der Waals surface area contributed by atoms with Gasteiger partial charge in [0.2, 0.25) is 0 Å². The molecule has 0 aromatic carbocycles. The Bertz CT molecular complexity index is 469. The van der Waals surface area contributed by atoms with Crippen molar-refractivity contribution in [3.05, 3.63) is 30.1 Å². The molecule has 116 valence electrons. The van der Waals surface area contributed by atoms with E-state index in [0.29, 0.717) is 13.0 Å². The van der Waals surface area contributed by atoms with Crippen LogP contribution >= 0.6 is 0 Å². The Kier molecular flexibility index (Phi) is 6.14. The molecule has 0 saturated heterocycles. The molecule has 0 aliphatic heterocycles. The van der Waals surface area contributed by atoms with E-state index < -0.39 is 12.0 Å². The number of hydrogen-bond donors (Lipinski definition) is 3. The van der Waals surface area contributed by atoms with Crippen molar-refractivity contribution < 1.29 is 14.7 Å². The number of urea groups is 1. The summed E-state index contributed by atoms with van der Waals surface area (Å²) in [5.74, 6) is -0.927. The SMILES string of the molecule is CC(C)(C)C(CC(=O)O)NC(=O)NCCc1ccccn1. The lowest BCUT2D eigenvalue weighted by molar-refractivity contribution is -0.138. The number of rotatable bonds is 6. The van der Waals surface area contributed by atoms with E-state index in [0.717, 1.165) is 5.69 Å². The van der Waals surface area contributed by atoms with E-state index in [2.05, 4.69) is 15.6 Å². The first kappa shape index (κ1) is 16.9. The van der Waals surface area contributed by atoms with Crippen molar-refractivity contribution in [3.8, 4) is 0 Å². The number of hydrogen-bond acceptors (Lipinski definition) is 3. The van der Waals surface area contributed by atoms with E-state index in [-0.39, 0.29) is 17.9 Å². The third-order valence-corrected chi connectivity index (χ3v) is 3.12. The molecule has 0 spiro atoms. The summed E-state index contributed by atoms with van der Waals surface area (Å²) in [6.45, 7) is 6.14. The van der Waals surface area contributed by atoms with Crippen LogP contribution in [0.3, 0.4) is 0 Å². The summed E-state index contributed by atoms with van der Waals surface area (Å²) in [4.78, 5) is 26.9. The van der Waals surface area contributed by atoms with Crippen molar-refractivity contribution in [2.75, 3.05) is 6.54 Å². The number of amides is 2. The minimum Gasteiger partial charge on any atom is -0.481 e. The molecule has 1 atom stereocenters. The zero-order valence-electron chi connectivity index (χ0n) is 12.7. The largest absolute Gasteiger partial charge is 0.481 e. The summed E-state index contributed by atoms with van der Waals surface area (Å²) >= 11 is 0. The van der Waals surface area contributed by atoms with Crippen molar-refractivity contribution in [1.82, 2.24) is 15.6 Å². The Morgan fingerprint density at radius 1 is 1.33 bits per heavy atom. The van der Waals surface area contributed by atoms with Crippen LogP contribution in [0.15, 0.2) is 24.4 Å². The van der Waals surface area contributed by atoms with Gasteiger partial charge in [-0.15, -0.1) is 0 Å². The standard InChI is InChI=1S/C15H23N3O3/c1-15(2,3)12(10-13(19)20)18-14(21)17-9-7-11-6-4-5-8-16-11/h4-6,8,12H,7,9-10H2,1-3H3,(H,19,20)(H2,17,18,21). The lowest BCUT2D eigenvalue weighted by atomic mass is 9.85. The van der Waals surface area contributed by atoms with Gasteiger partial charge in [-0.3, -0.25) is 9.78 Å². The molecule has 1 unspecified atom stereocenters. The Balaban J connectivity index is 2.42. The second-order valence-corrected chi connectivity index (χ2v) is 5.99. The molecule has 2 amide bonds. The minimum absolute atomic E-state index is 0.100. The van der Waals surface area contributed by atoms with Crippen LogP contribution in [0.4, 0.5) is 4.79 Å². The number of carboxylic acids is 1. The van der Waals surface area contributed by atoms with Crippen molar-refractivity contribution >= 4 is 12.0 Å². The van der Waals surface area contributed by atoms with Gasteiger partial charge in [0.05, 0.1) is 6.42 Å². The van der Waals surface area contributed by atoms with Gasteiger partial charge in [-0.25, -0.2) is 4.79 Å². The second-order valence-electron chi connectivity index (χ2n) is 5.99. The van der Waals surface area contributed by atoms with E-state index in [4.69, 9.17) is 5.11 Å². The van der Waals surface area contributed by atoms with Gasteiger partial charge in [0.1, 0.15) is 0 Å². The predicted molar refractivity (Wildman–Crippen MR) is 80.0 cm³/mol. The maximum atomic E-state index is 11.8. The monoisotopic (exact) mass is 293 g/mol. The first-order valence-corrected chi connectivity index (χ1v) is 6.95. The number of aliphatic carboxylic acids is 1. The number of aromatic nitrogens is 1. The lowest BCUT2D eigenvalue weighted by Gasteiger charge is -2.30. The summed E-state index contributed by atoms with van der Waals surface area (Å²) in [6.07, 6.45) is 2.24. The maximum absolute atomic E-state index is 11.8. The molecule has 0 radical (unpaired) electrons. The molecule has 21 heavy (non-hydrogen) atoms. The number of nitrogens with one attached hydrogen (secondary N) is 2. The highest BCUT2D eigenvalue weighted by Crippen LogP contribution is 2.21. The van der Waals surface area contributed by atoms with Gasteiger partial charge in [-0.05, 0) is 17.5 Å². The summed E-state index contributed by atoms with van der Waals surface area (Å²) in [5.41, 5.74) is 0.576. The number of carbonyl (C=O) groups excluding carboxylic acids is 1. The van der Waals surface area contributed by atoms with Crippen LogP contribution in [0.25, 0.3) is 0 Å². The Hall–Kier alpha value is -2.11. The molecule has 0 aliphatic carbocycles. The highest BCUT2D eigenvalue weighted by Gasteiger charge is 2.28. The van der Waals surface area contributed by atoms with Gasteiger partial charge >= 0.3 is 12.0 Å². The Labute approximate surface area is 125 Å². The molecule has 3 N–H and O–H groups in total. The van der Waals surface area contributed by atoms with E-state index in [9.17, 15) is 9.59 Å². The second kappa shape index (κ2) is 7.61. The van der Waals surface area contributed by atoms with Gasteiger partial charge in [0.15, 0.2) is 0 Å². The molecular formula is C15H23N3O3. The van der Waals surface area contributed by atoms with E-state index in [1.54, 1.807) is 6.20 Å². The molecule has 0 bridgehead atoms. The molecule has 1 aromatic rings. The van der Waals surface area contributed by atoms with Crippen LogP contribution in [-0.2, 0) is 11.2 Å². The fourth-order valence-corrected chi connectivity index (χ4v) is 1.81. The van der Waals surface area contributed by atoms with Crippen LogP contribution < -0.4 is 10.6 Å². The number of pyridine rings is 1. The van der Waals surface area contributed by atoms with Gasteiger partial charge in [0, 0.05) is 30.9 Å². The first-order valence-electron chi connectivity index (χ1n) is 6.95. The fourth-order valence-electron chi connectivity index (χ4n) is 1.81. The summed E-state index contributed by atoms with van der Waals surface area (Å²) < 4.78 is 0.